The number of ether oxygens (including phenoxy) is 1. The van der Waals surface area contributed by atoms with Gasteiger partial charge < -0.3 is 9.84 Å². The normalized spacial score (nSPS) is 15.2. The molecule has 17 heavy (non-hydrogen) atoms. The second-order valence-electron chi connectivity index (χ2n) is 4.79. The number of hydrogen-bond donors (Lipinski definition) is 1. The molecule has 0 saturated carbocycles. The highest BCUT2D eigenvalue weighted by Gasteiger charge is 2.22. The van der Waals surface area contributed by atoms with Gasteiger partial charge in [-0.1, -0.05) is 13.8 Å². The Morgan fingerprint density at radius 2 is 2.18 bits per heavy atom. The maximum Gasteiger partial charge on any atom is 0.0856 e. The van der Waals surface area contributed by atoms with Crippen LogP contribution >= 0.6 is 0 Å². The fraction of sp³-hybridized carbons (Fsp3) is 0.769. The highest BCUT2D eigenvalue weighted by atomic mass is 16.5. The molecule has 0 radical (unpaired) electrons. The first-order valence-electron chi connectivity index (χ1n) is 6.31. The topological polar surface area (TPSA) is 47.3 Å². The molecular formula is C13H24N2O2. The second-order valence-corrected chi connectivity index (χ2v) is 4.79. The third-order valence-electron chi connectivity index (χ3n) is 2.88. The Labute approximate surface area is 104 Å². The molecule has 1 aromatic heterocycles. The van der Waals surface area contributed by atoms with Crippen LogP contribution in [0, 0.1) is 5.92 Å². The molecule has 4 heteroatoms. The van der Waals surface area contributed by atoms with Crippen LogP contribution in [0.1, 0.15) is 32.8 Å². The highest BCUT2D eigenvalue weighted by molar-refractivity contribution is 5.03. The zero-order chi connectivity index (χ0) is 12.8. The molecule has 2 unspecified atom stereocenters. The van der Waals surface area contributed by atoms with Crippen molar-refractivity contribution in [2.75, 3.05) is 6.61 Å². The van der Waals surface area contributed by atoms with Crippen LogP contribution in [0.4, 0.5) is 0 Å². The van der Waals surface area contributed by atoms with E-state index in [1.807, 2.05) is 26.4 Å². The van der Waals surface area contributed by atoms with Gasteiger partial charge in [0, 0.05) is 19.9 Å². The SMILES string of the molecule is CCOC(C(C)C)C(O)CCc1cnn(C)c1. The number of nitrogens with zero attached hydrogens (tertiary/aromatic N) is 2. The lowest BCUT2D eigenvalue weighted by molar-refractivity contribution is -0.0593. The number of aryl methyl sites for hydroxylation is 2. The van der Waals surface area contributed by atoms with E-state index in [0.29, 0.717) is 18.9 Å². The van der Waals surface area contributed by atoms with Gasteiger partial charge in [-0.2, -0.15) is 5.10 Å². The van der Waals surface area contributed by atoms with Crippen LogP contribution in [0.5, 0.6) is 0 Å². The van der Waals surface area contributed by atoms with Crippen molar-refractivity contribution in [3.05, 3.63) is 18.0 Å². The van der Waals surface area contributed by atoms with E-state index < -0.39 is 6.10 Å². The zero-order valence-electron chi connectivity index (χ0n) is 11.3. The molecule has 1 aromatic rings. The van der Waals surface area contributed by atoms with E-state index in [1.54, 1.807) is 4.68 Å². The minimum absolute atomic E-state index is 0.0725. The zero-order valence-corrected chi connectivity index (χ0v) is 11.3. The van der Waals surface area contributed by atoms with E-state index in [4.69, 9.17) is 4.74 Å². The molecule has 0 aliphatic rings. The van der Waals surface area contributed by atoms with Crippen molar-refractivity contribution in [1.82, 2.24) is 9.78 Å². The van der Waals surface area contributed by atoms with Crippen LogP contribution in [-0.4, -0.2) is 33.7 Å². The Morgan fingerprint density at radius 1 is 1.47 bits per heavy atom. The fourth-order valence-corrected chi connectivity index (χ4v) is 2.02. The van der Waals surface area contributed by atoms with Crippen molar-refractivity contribution in [2.24, 2.45) is 13.0 Å². The van der Waals surface area contributed by atoms with E-state index in [9.17, 15) is 5.11 Å². The Bertz CT molecular complexity index is 323. The van der Waals surface area contributed by atoms with Gasteiger partial charge in [-0.15, -0.1) is 0 Å². The number of aliphatic hydroxyl groups is 1. The van der Waals surface area contributed by atoms with Crippen LogP contribution in [0.3, 0.4) is 0 Å². The first kappa shape index (κ1) is 14.2. The van der Waals surface area contributed by atoms with Gasteiger partial charge in [0.25, 0.3) is 0 Å². The number of aliphatic hydroxyl groups excluding tert-OH is 1. The minimum atomic E-state index is -0.407. The lowest BCUT2D eigenvalue weighted by atomic mass is 9.97. The van der Waals surface area contributed by atoms with Gasteiger partial charge in [0.15, 0.2) is 0 Å². The lowest BCUT2D eigenvalue weighted by Crippen LogP contribution is -2.34. The molecule has 1 N–H and O–H groups in total. The molecule has 0 aliphatic heterocycles. The van der Waals surface area contributed by atoms with E-state index in [1.165, 1.54) is 0 Å². The summed E-state index contributed by atoms with van der Waals surface area (Å²) in [5, 5.41) is 14.2. The molecular weight excluding hydrogens is 216 g/mol. The lowest BCUT2D eigenvalue weighted by Gasteiger charge is -2.26. The van der Waals surface area contributed by atoms with E-state index in [0.717, 1.165) is 12.0 Å². The van der Waals surface area contributed by atoms with Crippen LogP contribution < -0.4 is 0 Å². The monoisotopic (exact) mass is 240 g/mol. The van der Waals surface area contributed by atoms with E-state index >= 15 is 0 Å². The fourth-order valence-electron chi connectivity index (χ4n) is 2.02. The average molecular weight is 240 g/mol. The summed E-state index contributed by atoms with van der Waals surface area (Å²) in [6, 6.07) is 0. The molecule has 0 aromatic carbocycles. The van der Waals surface area contributed by atoms with Crippen molar-refractivity contribution < 1.29 is 9.84 Å². The smallest absolute Gasteiger partial charge is 0.0856 e. The summed E-state index contributed by atoms with van der Waals surface area (Å²) >= 11 is 0. The number of hydrogen-bond acceptors (Lipinski definition) is 3. The van der Waals surface area contributed by atoms with Crippen molar-refractivity contribution in [1.29, 1.82) is 0 Å². The molecule has 0 saturated heterocycles. The predicted octanol–water partition coefficient (Wildman–Crippen LogP) is 1.77. The maximum absolute atomic E-state index is 10.1. The van der Waals surface area contributed by atoms with Gasteiger partial charge in [-0.05, 0) is 31.2 Å². The molecule has 4 nitrogen and oxygen atoms in total. The molecule has 0 amide bonds. The Balaban J connectivity index is 2.44. The van der Waals surface area contributed by atoms with E-state index in [-0.39, 0.29) is 6.10 Å². The van der Waals surface area contributed by atoms with Crippen molar-refractivity contribution in [2.45, 2.75) is 45.8 Å². The van der Waals surface area contributed by atoms with Gasteiger partial charge in [0.1, 0.15) is 0 Å². The van der Waals surface area contributed by atoms with E-state index in [2.05, 4.69) is 18.9 Å². The third-order valence-corrected chi connectivity index (χ3v) is 2.88. The Kier molecular flexibility index (Phi) is 5.65. The average Bonchev–Trinajstić information content (AvgIpc) is 2.68. The maximum atomic E-state index is 10.1. The van der Waals surface area contributed by atoms with Gasteiger partial charge in [-0.25, -0.2) is 0 Å². The molecule has 0 fully saturated rings. The van der Waals surface area contributed by atoms with Gasteiger partial charge in [0.05, 0.1) is 18.4 Å². The Morgan fingerprint density at radius 3 is 2.65 bits per heavy atom. The second kappa shape index (κ2) is 6.77. The summed E-state index contributed by atoms with van der Waals surface area (Å²) < 4.78 is 7.37. The van der Waals surface area contributed by atoms with Gasteiger partial charge >= 0.3 is 0 Å². The molecule has 1 rings (SSSR count). The summed E-state index contributed by atoms with van der Waals surface area (Å²) in [6.45, 7) is 6.76. The molecule has 0 aliphatic carbocycles. The summed E-state index contributed by atoms with van der Waals surface area (Å²) in [6.07, 6.45) is 4.90. The molecule has 2 atom stereocenters. The van der Waals surface area contributed by atoms with Gasteiger partial charge in [0.2, 0.25) is 0 Å². The van der Waals surface area contributed by atoms with Crippen molar-refractivity contribution in [3.63, 3.8) is 0 Å². The molecule has 98 valence electrons. The summed E-state index contributed by atoms with van der Waals surface area (Å²) in [5.74, 6) is 0.332. The third kappa shape index (κ3) is 4.48. The van der Waals surface area contributed by atoms with Crippen LogP contribution in [0.15, 0.2) is 12.4 Å². The standard InChI is InChI=1S/C13H24N2O2/c1-5-17-13(10(2)3)12(16)7-6-11-8-14-15(4)9-11/h8-10,12-13,16H,5-7H2,1-4H3. The van der Waals surface area contributed by atoms with Crippen LogP contribution in [0.2, 0.25) is 0 Å². The van der Waals surface area contributed by atoms with Crippen LogP contribution in [-0.2, 0) is 18.2 Å². The summed E-state index contributed by atoms with van der Waals surface area (Å²) in [7, 11) is 1.90. The van der Waals surface area contributed by atoms with Gasteiger partial charge in [-0.3, -0.25) is 4.68 Å². The molecule has 0 bridgehead atoms. The first-order chi connectivity index (χ1) is 8.04. The largest absolute Gasteiger partial charge is 0.390 e. The predicted molar refractivity (Wildman–Crippen MR) is 67.8 cm³/mol. The highest BCUT2D eigenvalue weighted by Crippen LogP contribution is 2.16. The summed E-state index contributed by atoms with van der Waals surface area (Å²) in [4.78, 5) is 0. The molecule has 0 spiro atoms. The van der Waals surface area contributed by atoms with Crippen molar-refractivity contribution >= 4 is 0 Å². The van der Waals surface area contributed by atoms with Crippen LogP contribution in [0.25, 0.3) is 0 Å². The first-order valence-corrected chi connectivity index (χ1v) is 6.31. The van der Waals surface area contributed by atoms with Crippen molar-refractivity contribution in [3.8, 4) is 0 Å². The number of rotatable bonds is 7. The summed E-state index contributed by atoms with van der Waals surface area (Å²) in [5.41, 5.74) is 1.16. The molecule has 1 heterocycles. The Hall–Kier alpha value is -0.870. The number of aromatic nitrogens is 2. The quantitative estimate of drug-likeness (QED) is 0.790. The minimum Gasteiger partial charge on any atom is -0.390 e.